The predicted octanol–water partition coefficient (Wildman–Crippen LogP) is 2.43. The van der Waals surface area contributed by atoms with Crippen LogP contribution in [0.1, 0.15) is 19.8 Å². The molecule has 3 nitrogen and oxygen atoms in total. The third-order valence-electron chi connectivity index (χ3n) is 2.39. The lowest BCUT2D eigenvalue weighted by Crippen LogP contribution is -2.14. The van der Waals surface area contributed by atoms with Gasteiger partial charge >= 0.3 is 0 Å². The zero-order chi connectivity index (χ0) is 10.7. The molecule has 1 N–H and O–H groups in total. The van der Waals surface area contributed by atoms with E-state index < -0.39 is 0 Å². The Labute approximate surface area is 89.4 Å². The fraction of sp³-hybridized carbons (Fsp3) is 0.417. The van der Waals surface area contributed by atoms with E-state index in [1.807, 2.05) is 31.2 Å². The first-order chi connectivity index (χ1) is 7.31. The Balaban J connectivity index is 2.08. The zero-order valence-electron chi connectivity index (χ0n) is 8.82. The number of rotatable bonds is 4. The van der Waals surface area contributed by atoms with E-state index in [9.17, 15) is 4.79 Å². The number of carbonyl (C=O) groups excluding carboxylic acids is 1. The van der Waals surface area contributed by atoms with E-state index in [-0.39, 0.29) is 11.8 Å². The molecule has 0 unspecified atom stereocenters. The highest BCUT2D eigenvalue weighted by Crippen LogP contribution is 2.32. The van der Waals surface area contributed by atoms with Gasteiger partial charge < -0.3 is 10.1 Å². The van der Waals surface area contributed by atoms with E-state index in [1.165, 1.54) is 0 Å². The van der Waals surface area contributed by atoms with Crippen molar-refractivity contribution in [3.05, 3.63) is 24.3 Å². The minimum absolute atomic E-state index is 0.113. The van der Waals surface area contributed by atoms with Crippen molar-refractivity contribution in [3.63, 3.8) is 0 Å². The molecule has 0 bridgehead atoms. The molecular formula is C12H15NO2. The molecular weight excluding hydrogens is 190 g/mol. The van der Waals surface area contributed by atoms with Gasteiger partial charge in [0, 0.05) is 5.92 Å². The van der Waals surface area contributed by atoms with Crippen LogP contribution in [0, 0.1) is 5.92 Å². The van der Waals surface area contributed by atoms with Crippen molar-refractivity contribution in [2.75, 3.05) is 11.9 Å². The Hall–Kier alpha value is -1.51. The highest BCUT2D eigenvalue weighted by atomic mass is 16.5. The fourth-order valence-electron chi connectivity index (χ4n) is 1.43. The van der Waals surface area contributed by atoms with Gasteiger partial charge in [-0.25, -0.2) is 0 Å². The number of nitrogens with one attached hydrogen (secondary N) is 1. The van der Waals surface area contributed by atoms with Crippen molar-refractivity contribution in [1.82, 2.24) is 0 Å². The SMILES string of the molecule is CCOc1ccccc1NC(=O)C1CC1. The Morgan fingerprint density at radius 2 is 2.20 bits per heavy atom. The second-order valence-corrected chi connectivity index (χ2v) is 3.69. The molecule has 0 heterocycles. The van der Waals surface area contributed by atoms with Gasteiger partial charge in [0.15, 0.2) is 0 Å². The van der Waals surface area contributed by atoms with Crippen LogP contribution in [0.25, 0.3) is 0 Å². The van der Waals surface area contributed by atoms with Crippen molar-refractivity contribution in [2.45, 2.75) is 19.8 Å². The third kappa shape index (κ3) is 2.49. The summed E-state index contributed by atoms with van der Waals surface area (Å²) in [6.07, 6.45) is 2.03. The molecule has 0 radical (unpaired) electrons. The van der Waals surface area contributed by atoms with Crippen LogP contribution in [0.4, 0.5) is 5.69 Å². The van der Waals surface area contributed by atoms with Crippen molar-refractivity contribution < 1.29 is 9.53 Å². The standard InChI is InChI=1S/C12H15NO2/c1-2-15-11-6-4-3-5-10(11)13-12(14)9-7-8-9/h3-6,9H,2,7-8H2,1H3,(H,13,14). The van der Waals surface area contributed by atoms with Gasteiger partial charge in [0.1, 0.15) is 5.75 Å². The van der Waals surface area contributed by atoms with Crippen LogP contribution < -0.4 is 10.1 Å². The second kappa shape index (κ2) is 4.34. The molecule has 1 aromatic rings. The maximum absolute atomic E-state index is 11.6. The quantitative estimate of drug-likeness (QED) is 0.819. The molecule has 1 aliphatic rings. The van der Waals surface area contributed by atoms with Gasteiger partial charge in [-0.15, -0.1) is 0 Å². The maximum atomic E-state index is 11.6. The summed E-state index contributed by atoms with van der Waals surface area (Å²) in [7, 11) is 0. The van der Waals surface area contributed by atoms with Gasteiger partial charge in [0.25, 0.3) is 0 Å². The Bertz CT molecular complexity index is 358. The van der Waals surface area contributed by atoms with E-state index in [2.05, 4.69) is 5.32 Å². The average molecular weight is 205 g/mol. The first-order valence-electron chi connectivity index (χ1n) is 5.34. The average Bonchev–Trinajstić information content (AvgIpc) is 3.04. The van der Waals surface area contributed by atoms with Crippen molar-refractivity contribution in [1.29, 1.82) is 0 Å². The monoisotopic (exact) mass is 205 g/mol. The van der Waals surface area contributed by atoms with E-state index >= 15 is 0 Å². The lowest BCUT2D eigenvalue weighted by Gasteiger charge is -2.10. The molecule has 1 saturated carbocycles. The van der Waals surface area contributed by atoms with Crippen molar-refractivity contribution in [2.24, 2.45) is 5.92 Å². The molecule has 1 aromatic carbocycles. The highest BCUT2D eigenvalue weighted by Gasteiger charge is 2.29. The van der Waals surface area contributed by atoms with Gasteiger partial charge in [0.05, 0.1) is 12.3 Å². The fourth-order valence-corrected chi connectivity index (χ4v) is 1.43. The van der Waals surface area contributed by atoms with Crippen LogP contribution in [0.15, 0.2) is 24.3 Å². The Kier molecular flexibility index (Phi) is 2.90. The highest BCUT2D eigenvalue weighted by molar-refractivity contribution is 5.95. The minimum Gasteiger partial charge on any atom is -0.492 e. The smallest absolute Gasteiger partial charge is 0.227 e. The van der Waals surface area contributed by atoms with Crippen LogP contribution >= 0.6 is 0 Å². The molecule has 0 aromatic heterocycles. The third-order valence-corrected chi connectivity index (χ3v) is 2.39. The van der Waals surface area contributed by atoms with Gasteiger partial charge in [-0.2, -0.15) is 0 Å². The number of para-hydroxylation sites is 2. The zero-order valence-corrected chi connectivity index (χ0v) is 8.82. The number of amides is 1. The number of hydrogen-bond acceptors (Lipinski definition) is 2. The van der Waals surface area contributed by atoms with Gasteiger partial charge in [0.2, 0.25) is 5.91 Å². The molecule has 0 spiro atoms. The first kappa shape index (κ1) is 10.0. The molecule has 1 aliphatic carbocycles. The van der Waals surface area contributed by atoms with E-state index in [0.29, 0.717) is 6.61 Å². The normalized spacial score (nSPS) is 14.7. The Morgan fingerprint density at radius 3 is 2.87 bits per heavy atom. The summed E-state index contributed by atoms with van der Waals surface area (Å²) >= 11 is 0. The lowest BCUT2D eigenvalue weighted by molar-refractivity contribution is -0.117. The summed E-state index contributed by atoms with van der Waals surface area (Å²) in [5.74, 6) is 1.08. The number of benzene rings is 1. The number of ether oxygens (including phenoxy) is 1. The maximum Gasteiger partial charge on any atom is 0.227 e. The summed E-state index contributed by atoms with van der Waals surface area (Å²) in [5.41, 5.74) is 0.774. The number of hydrogen-bond donors (Lipinski definition) is 1. The summed E-state index contributed by atoms with van der Waals surface area (Å²) in [4.78, 5) is 11.6. The van der Waals surface area contributed by atoms with Gasteiger partial charge in [-0.3, -0.25) is 4.79 Å². The van der Waals surface area contributed by atoms with Crippen LogP contribution in [0.2, 0.25) is 0 Å². The van der Waals surface area contributed by atoms with Crippen LogP contribution in [-0.4, -0.2) is 12.5 Å². The number of carbonyl (C=O) groups is 1. The molecule has 80 valence electrons. The molecule has 3 heteroatoms. The van der Waals surface area contributed by atoms with E-state index in [4.69, 9.17) is 4.74 Å². The van der Waals surface area contributed by atoms with E-state index in [1.54, 1.807) is 0 Å². The van der Waals surface area contributed by atoms with Crippen LogP contribution in [0.3, 0.4) is 0 Å². The molecule has 0 atom stereocenters. The molecule has 1 fully saturated rings. The lowest BCUT2D eigenvalue weighted by atomic mass is 10.2. The van der Waals surface area contributed by atoms with E-state index in [0.717, 1.165) is 24.3 Å². The molecule has 15 heavy (non-hydrogen) atoms. The second-order valence-electron chi connectivity index (χ2n) is 3.69. The summed E-state index contributed by atoms with van der Waals surface area (Å²) in [6.45, 7) is 2.54. The van der Waals surface area contributed by atoms with Crippen molar-refractivity contribution >= 4 is 11.6 Å². The summed E-state index contributed by atoms with van der Waals surface area (Å²) in [5, 5.41) is 2.89. The number of anilines is 1. The Morgan fingerprint density at radius 1 is 1.47 bits per heavy atom. The minimum atomic E-state index is 0.113. The topological polar surface area (TPSA) is 38.3 Å². The van der Waals surface area contributed by atoms with Crippen molar-refractivity contribution in [3.8, 4) is 5.75 Å². The van der Waals surface area contributed by atoms with Crippen LogP contribution in [-0.2, 0) is 4.79 Å². The largest absolute Gasteiger partial charge is 0.492 e. The van der Waals surface area contributed by atoms with Gasteiger partial charge in [-0.1, -0.05) is 12.1 Å². The molecule has 1 amide bonds. The first-order valence-corrected chi connectivity index (χ1v) is 5.34. The predicted molar refractivity (Wildman–Crippen MR) is 59.0 cm³/mol. The summed E-state index contributed by atoms with van der Waals surface area (Å²) in [6, 6.07) is 7.53. The molecule has 2 rings (SSSR count). The molecule has 0 saturated heterocycles. The van der Waals surface area contributed by atoms with Crippen LogP contribution in [0.5, 0.6) is 5.75 Å². The van der Waals surface area contributed by atoms with Gasteiger partial charge in [-0.05, 0) is 31.9 Å². The molecule has 0 aliphatic heterocycles. The summed E-state index contributed by atoms with van der Waals surface area (Å²) < 4.78 is 5.42.